The predicted molar refractivity (Wildman–Crippen MR) is 108 cm³/mol. The summed E-state index contributed by atoms with van der Waals surface area (Å²) in [5, 5.41) is 10.1. The fraction of sp³-hybridized carbons (Fsp3) is 0.476. The van der Waals surface area contributed by atoms with E-state index in [9.17, 15) is 4.79 Å². The second-order valence-electron chi connectivity index (χ2n) is 8.09. The van der Waals surface area contributed by atoms with E-state index in [0.29, 0.717) is 10.7 Å². The Morgan fingerprint density at radius 2 is 2.14 bits per heavy atom. The first-order valence-corrected chi connectivity index (χ1v) is 10.5. The number of nitrogens with zero attached hydrogens (tertiary/aromatic N) is 4. The number of halogens is 1. The maximum atomic E-state index is 13.1. The van der Waals surface area contributed by atoms with Gasteiger partial charge >= 0.3 is 0 Å². The predicted octanol–water partition coefficient (Wildman–Crippen LogP) is 4.06. The molecule has 7 heteroatoms. The lowest BCUT2D eigenvalue weighted by Crippen LogP contribution is -2.36. The molecule has 3 heterocycles. The molecule has 2 aromatic heterocycles. The molecule has 0 radical (unpaired) electrons. The van der Waals surface area contributed by atoms with Crippen LogP contribution in [0.4, 0.5) is 0 Å². The third-order valence-electron chi connectivity index (χ3n) is 6.00. The quantitative estimate of drug-likeness (QED) is 0.682. The minimum absolute atomic E-state index is 0.0780. The van der Waals surface area contributed by atoms with Crippen LogP contribution in [0.1, 0.15) is 48.4 Å². The average molecular weight is 398 g/mol. The summed E-state index contributed by atoms with van der Waals surface area (Å²) in [6.45, 7) is 1.85. The van der Waals surface area contributed by atoms with E-state index in [1.165, 1.54) is 12.8 Å². The Labute approximate surface area is 168 Å². The molecule has 1 saturated carbocycles. The number of aromatic amines is 1. The van der Waals surface area contributed by atoms with Gasteiger partial charge in [0.1, 0.15) is 17.8 Å². The maximum absolute atomic E-state index is 13.1. The number of rotatable bonds is 6. The van der Waals surface area contributed by atoms with Crippen molar-refractivity contribution in [3.63, 3.8) is 0 Å². The molecule has 1 amide bonds. The summed E-state index contributed by atoms with van der Waals surface area (Å²) in [5.41, 5.74) is 1.58. The fourth-order valence-corrected chi connectivity index (χ4v) is 4.46. The molecule has 1 unspecified atom stereocenters. The van der Waals surface area contributed by atoms with Gasteiger partial charge in [-0.05, 0) is 62.3 Å². The number of hydrogen-bond donors (Lipinski definition) is 1. The second-order valence-corrected chi connectivity index (χ2v) is 8.53. The van der Waals surface area contributed by atoms with Crippen LogP contribution >= 0.6 is 11.6 Å². The summed E-state index contributed by atoms with van der Waals surface area (Å²) in [6.07, 6.45) is 8.38. The minimum atomic E-state index is 0.0780. The molecule has 2 aliphatic rings. The average Bonchev–Trinajstić information content (AvgIpc) is 3.08. The number of nitrogens with one attached hydrogen (secondary N) is 1. The van der Waals surface area contributed by atoms with E-state index in [1.54, 1.807) is 0 Å². The molecule has 1 aliphatic heterocycles. The number of likely N-dealkylation sites (tertiary alicyclic amines) is 1. The molecule has 0 spiro atoms. The van der Waals surface area contributed by atoms with Gasteiger partial charge in [-0.15, -0.1) is 10.2 Å². The Balaban J connectivity index is 1.28. The van der Waals surface area contributed by atoms with Crippen LogP contribution in [0, 0.1) is 5.92 Å². The van der Waals surface area contributed by atoms with Gasteiger partial charge in [-0.2, -0.15) is 0 Å². The third kappa shape index (κ3) is 3.53. The highest BCUT2D eigenvalue weighted by atomic mass is 35.5. The largest absolute Gasteiger partial charge is 0.351 e. The number of hydrogen-bond acceptors (Lipinski definition) is 3. The molecule has 1 saturated heterocycles. The van der Waals surface area contributed by atoms with Crippen molar-refractivity contribution in [1.82, 2.24) is 24.6 Å². The van der Waals surface area contributed by atoms with Crippen molar-refractivity contribution in [3.8, 4) is 0 Å². The van der Waals surface area contributed by atoms with Crippen LogP contribution in [-0.4, -0.2) is 43.1 Å². The number of H-pyrrole nitrogens is 1. The monoisotopic (exact) mass is 397 g/mol. The SMILES string of the molecule is O=C(c1cc2cc(Cl)ccc2[nH]1)N1CCCC1CCc1nncn1CC1CC1. The summed E-state index contributed by atoms with van der Waals surface area (Å²) in [6, 6.07) is 7.81. The third-order valence-corrected chi connectivity index (χ3v) is 6.24. The summed E-state index contributed by atoms with van der Waals surface area (Å²) >= 11 is 6.07. The Morgan fingerprint density at radius 1 is 1.25 bits per heavy atom. The number of aryl methyl sites for hydroxylation is 1. The summed E-state index contributed by atoms with van der Waals surface area (Å²) < 4.78 is 2.19. The van der Waals surface area contributed by atoms with E-state index in [2.05, 4.69) is 19.7 Å². The Bertz CT molecular complexity index is 1010. The van der Waals surface area contributed by atoms with Crippen molar-refractivity contribution >= 4 is 28.4 Å². The van der Waals surface area contributed by atoms with Crippen LogP contribution in [-0.2, 0) is 13.0 Å². The lowest BCUT2D eigenvalue weighted by Gasteiger charge is -2.24. The molecule has 1 aromatic carbocycles. The van der Waals surface area contributed by atoms with Gasteiger partial charge in [-0.25, -0.2) is 0 Å². The fourth-order valence-electron chi connectivity index (χ4n) is 4.28. The number of carbonyl (C=O) groups is 1. The lowest BCUT2D eigenvalue weighted by molar-refractivity contribution is 0.0725. The lowest BCUT2D eigenvalue weighted by atomic mass is 10.1. The van der Waals surface area contributed by atoms with E-state index >= 15 is 0 Å². The molecular weight excluding hydrogens is 374 g/mol. The molecule has 1 atom stereocenters. The van der Waals surface area contributed by atoms with E-state index in [0.717, 1.165) is 61.4 Å². The van der Waals surface area contributed by atoms with Gasteiger partial charge in [0.25, 0.3) is 5.91 Å². The Kier molecular flexibility index (Phi) is 4.59. The van der Waals surface area contributed by atoms with E-state index in [-0.39, 0.29) is 11.9 Å². The van der Waals surface area contributed by atoms with E-state index in [1.807, 2.05) is 35.5 Å². The zero-order chi connectivity index (χ0) is 19.1. The highest BCUT2D eigenvalue weighted by molar-refractivity contribution is 6.31. The van der Waals surface area contributed by atoms with Gasteiger partial charge in [0.05, 0.1) is 0 Å². The zero-order valence-electron chi connectivity index (χ0n) is 15.8. The van der Waals surface area contributed by atoms with Gasteiger partial charge in [0.15, 0.2) is 0 Å². The summed E-state index contributed by atoms with van der Waals surface area (Å²) in [7, 11) is 0. The first-order valence-electron chi connectivity index (χ1n) is 10.1. The van der Waals surface area contributed by atoms with Gasteiger partial charge in [-0.1, -0.05) is 11.6 Å². The topological polar surface area (TPSA) is 66.8 Å². The van der Waals surface area contributed by atoms with Crippen LogP contribution in [0.5, 0.6) is 0 Å². The molecule has 5 rings (SSSR count). The van der Waals surface area contributed by atoms with Crippen LogP contribution in [0.2, 0.25) is 5.02 Å². The molecular formula is C21H24ClN5O. The molecule has 146 valence electrons. The normalized spacial score (nSPS) is 19.6. The van der Waals surface area contributed by atoms with Crippen molar-refractivity contribution in [2.75, 3.05) is 6.54 Å². The maximum Gasteiger partial charge on any atom is 0.270 e. The Morgan fingerprint density at radius 3 is 3.00 bits per heavy atom. The highest BCUT2D eigenvalue weighted by Gasteiger charge is 2.30. The molecule has 0 bridgehead atoms. The number of aromatic nitrogens is 4. The Hall–Kier alpha value is -2.34. The second kappa shape index (κ2) is 7.24. The van der Waals surface area contributed by atoms with E-state index in [4.69, 9.17) is 11.6 Å². The molecule has 2 fully saturated rings. The number of amides is 1. The minimum Gasteiger partial charge on any atom is -0.351 e. The first-order chi connectivity index (χ1) is 13.7. The molecule has 3 aromatic rings. The molecule has 1 N–H and O–H groups in total. The van der Waals surface area contributed by atoms with Gasteiger partial charge in [0, 0.05) is 41.5 Å². The van der Waals surface area contributed by atoms with Crippen molar-refractivity contribution in [3.05, 3.63) is 47.1 Å². The molecule has 28 heavy (non-hydrogen) atoms. The molecule has 1 aliphatic carbocycles. The van der Waals surface area contributed by atoms with Crippen molar-refractivity contribution in [2.24, 2.45) is 5.92 Å². The van der Waals surface area contributed by atoms with Crippen LogP contribution in [0.3, 0.4) is 0 Å². The molecule has 6 nitrogen and oxygen atoms in total. The number of carbonyl (C=O) groups excluding carboxylic acids is 1. The van der Waals surface area contributed by atoms with Crippen LogP contribution in [0.15, 0.2) is 30.6 Å². The summed E-state index contributed by atoms with van der Waals surface area (Å²) in [4.78, 5) is 18.4. The first kappa shape index (κ1) is 17.7. The van der Waals surface area contributed by atoms with Crippen molar-refractivity contribution in [1.29, 1.82) is 0 Å². The van der Waals surface area contributed by atoms with Gasteiger partial charge < -0.3 is 14.5 Å². The zero-order valence-corrected chi connectivity index (χ0v) is 16.5. The van der Waals surface area contributed by atoms with Gasteiger partial charge in [0.2, 0.25) is 0 Å². The van der Waals surface area contributed by atoms with E-state index < -0.39 is 0 Å². The van der Waals surface area contributed by atoms with Gasteiger partial charge in [-0.3, -0.25) is 4.79 Å². The standard InChI is InChI=1S/C21H24ClN5O/c22-16-5-7-18-15(10-16)11-19(24-18)21(28)27-9-1-2-17(27)6-8-20-25-23-13-26(20)12-14-3-4-14/h5,7,10-11,13-14,17,24H,1-4,6,8-9,12H2. The number of benzene rings is 1. The highest BCUT2D eigenvalue weighted by Crippen LogP contribution is 2.31. The van der Waals surface area contributed by atoms with Crippen LogP contribution in [0.25, 0.3) is 10.9 Å². The summed E-state index contributed by atoms with van der Waals surface area (Å²) in [5.74, 6) is 1.93. The van der Waals surface area contributed by atoms with Crippen LogP contribution < -0.4 is 0 Å². The number of fused-ring (bicyclic) bond motifs is 1. The smallest absolute Gasteiger partial charge is 0.270 e. The van der Waals surface area contributed by atoms with Crippen molar-refractivity contribution < 1.29 is 4.79 Å². The van der Waals surface area contributed by atoms with Crippen molar-refractivity contribution in [2.45, 2.75) is 51.1 Å².